The van der Waals surface area contributed by atoms with E-state index < -0.39 is 0 Å². The minimum absolute atomic E-state index is 0.697. The zero-order chi connectivity index (χ0) is 10.1. The largest absolute Gasteiger partial charge is 0.249 e. The predicted octanol–water partition coefficient (Wildman–Crippen LogP) is 4.06. The van der Waals surface area contributed by atoms with Crippen LogP contribution in [0.4, 0.5) is 0 Å². The molecule has 14 heavy (non-hydrogen) atoms. The molecule has 2 rings (SSSR count). The molecule has 0 radical (unpaired) electrons. The van der Waals surface area contributed by atoms with Gasteiger partial charge in [-0.1, -0.05) is 23.7 Å². The summed E-state index contributed by atoms with van der Waals surface area (Å²) in [6.07, 6.45) is 0. The van der Waals surface area contributed by atoms with Crippen LogP contribution in [0.3, 0.4) is 0 Å². The van der Waals surface area contributed by atoms with E-state index in [9.17, 15) is 0 Å². The molecule has 1 heterocycles. The minimum atomic E-state index is 0.697. The molecule has 1 aromatic carbocycles. The van der Waals surface area contributed by atoms with Crippen molar-refractivity contribution in [1.29, 1.82) is 0 Å². The fourth-order valence-electron chi connectivity index (χ4n) is 1.26. The SMILES string of the molecule is Cc1ncsc1-c1cccc(S)c1Cl. The van der Waals surface area contributed by atoms with Gasteiger partial charge in [0.2, 0.25) is 0 Å². The summed E-state index contributed by atoms with van der Waals surface area (Å²) >= 11 is 12.0. The van der Waals surface area contributed by atoms with Gasteiger partial charge >= 0.3 is 0 Å². The van der Waals surface area contributed by atoms with Crippen molar-refractivity contribution in [2.75, 3.05) is 0 Å². The number of thiol groups is 1. The monoisotopic (exact) mass is 241 g/mol. The van der Waals surface area contributed by atoms with E-state index in [4.69, 9.17) is 11.6 Å². The van der Waals surface area contributed by atoms with E-state index in [1.807, 2.05) is 30.6 Å². The molecule has 0 bridgehead atoms. The second-order valence-electron chi connectivity index (χ2n) is 2.91. The summed E-state index contributed by atoms with van der Waals surface area (Å²) < 4.78 is 0. The van der Waals surface area contributed by atoms with Crippen molar-refractivity contribution in [3.63, 3.8) is 0 Å². The summed E-state index contributed by atoms with van der Waals surface area (Å²) in [6, 6.07) is 5.82. The molecule has 1 nitrogen and oxygen atoms in total. The van der Waals surface area contributed by atoms with Crippen LogP contribution in [0.15, 0.2) is 28.6 Å². The number of benzene rings is 1. The zero-order valence-corrected chi connectivity index (χ0v) is 9.96. The van der Waals surface area contributed by atoms with Gasteiger partial charge in [0.05, 0.1) is 21.1 Å². The van der Waals surface area contributed by atoms with Gasteiger partial charge in [-0.3, -0.25) is 0 Å². The maximum atomic E-state index is 6.16. The highest BCUT2D eigenvalue weighted by molar-refractivity contribution is 7.80. The van der Waals surface area contributed by atoms with E-state index in [0.717, 1.165) is 21.0 Å². The molecular formula is C10H8ClNS2. The number of hydrogen-bond donors (Lipinski definition) is 1. The average Bonchev–Trinajstić information content (AvgIpc) is 2.57. The van der Waals surface area contributed by atoms with Gasteiger partial charge in [-0.25, -0.2) is 4.98 Å². The van der Waals surface area contributed by atoms with Crippen molar-refractivity contribution in [1.82, 2.24) is 4.98 Å². The lowest BCUT2D eigenvalue weighted by Gasteiger charge is -2.04. The van der Waals surface area contributed by atoms with E-state index in [1.165, 1.54) is 0 Å². The topological polar surface area (TPSA) is 12.9 Å². The molecule has 4 heteroatoms. The van der Waals surface area contributed by atoms with Crippen molar-refractivity contribution >= 4 is 35.6 Å². The molecule has 0 aliphatic heterocycles. The van der Waals surface area contributed by atoms with Crippen molar-refractivity contribution in [2.24, 2.45) is 0 Å². The van der Waals surface area contributed by atoms with Gasteiger partial charge in [0.1, 0.15) is 0 Å². The molecule has 0 amide bonds. The highest BCUT2D eigenvalue weighted by Gasteiger charge is 2.09. The molecule has 1 aromatic heterocycles. The molecule has 0 atom stereocenters. The number of aromatic nitrogens is 1. The molecule has 0 unspecified atom stereocenters. The predicted molar refractivity (Wildman–Crippen MR) is 64.5 cm³/mol. The number of rotatable bonds is 1. The van der Waals surface area contributed by atoms with Gasteiger partial charge in [0, 0.05) is 10.5 Å². The normalized spacial score (nSPS) is 10.5. The van der Waals surface area contributed by atoms with Crippen LogP contribution in [0.25, 0.3) is 10.4 Å². The lowest BCUT2D eigenvalue weighted by Crippen LogP contribution is -1.80. The first-order valence-corrected chi connectivity index (χ1v) is 5.78. The van der Waals surface area contributed by atoms with E-state index in [2.05, 4.69) is 17.6 Å². The van der Waals surface area contributed by atoms with E-state index in [0.29, 0.717) is 5.02 Å². The number of nitrogens with zero attached hydrogens (tertiary/aromatic N) is 1. The Labute approximate surface area is 97.2 Å². The van der Waals surface area contributed by atoms with Crippen LogP contribution in [0.5, 0.6) is 0 Å². The first-order valence-electron chi connectivity index (χ1n) is 4.08. The highest BCUT2D eigenvalue weighted by atomic mass is 35.5. The molecular weight excluding hydrogens is 234 g/mol. The molecule has 0 N–H and O–H groups in total. The third-order valence-electron chi connectivity index (χ3n) is 1.97. The average molecular weight is 242 g/mol. The second kappa shape index (κ2) is 3.93. The Hall–Kier alpha value is -0.510. The summed E-state index contributed by atoms with van der Waals surface area (Å²) in [5, 5.41) is 0.697. The standard InChI is InChI=1S/C10H8ClNS2/c1-6-10(14-5-12-6)7-3-2-4-8(13)9(7)11/h2-5,13H,1H3. The van der Waals surface area contributed by atoms with Gasteiger partial charge in [-0.2, -0.15) is 0 Å². The summed E-state index contributed by atoms with van der Waals surface area (Å²) in [6.45, 7) is 1.98. The Balaban J connectivity index is 2.63. The molecule has 0 saturated carbocycles. The van der Waals surface area contributed by atoms with Crippen LogP contribution in [0.2, 0.25) is 5.02 Å². The Morgan fingerprint density at radius 3 is 2.86 bits per heavy atom. The Bertz CT molecular complexity index is 465. The van der Waals surface area contributed by atoms with Crippen molar-refractivity contribution in [3.8, 4) is 10.4 Å². The third kappa shape index (κ3) is 1.67. The van der Waals surface area contributed by atoms with Crippen LogP contribution >= 0.6 is 35.6 Å². The van der Waals surface area contributed by atoms with Crippen molar-refractivity contribution < 1.29 is 0 Å². The molecule has 72 valence electrons. The second-order valence-corrected chi connectivity index (χ2v) is 4.62. The first kappa shape index (κ1) is 10.0. The van der Waals surface area contributed by atoms with E-state index >= 15 is 0 Å². The lowest BCUT2D eigenvalue weighted by molar-refractivity contribution is 1.27. The zero-order valence-electron chi connectivity index (χ0n) is 7.49. The van der Waals surface area contributed by atoms with Crippen molar-refractivity contribution in [3.05, 3.63) is 34.4 Å². The van der Waals surface area contributed by atoms with Gasteiger partial charge < -0.3 is 0 Å². The molecule has 0 aliphatic rings. The highest BCUT2D eigenvalue weighted by Crippen LogP contribution is 2.36. The summed E-state index contributed by atoms with van der Waals surface area (Å²) in [4.78, 5) is 6.12. The Kier molecular flexibility index (Phi) is 2.81. The molecule has 0 fully saturated rings. The number of aryl methyl sites for hydroxylation is 1. The van der Waals surface area contributed by atoms with Crippen molar-refractivity contribution in [2.45, 2.75) is 11.8 Å². The third-order valence-corrected chi connectivity index (χ3v) is 3.84. The first-order chi connectivity index (χ1) is 6.70. The summed E-state index contributed by atoms with van der Waals surface area (Å²) in [5.41, 5.74) is 3.85. The van der Waals surface area contributed by atoms with Gasteiger partial charge in [-0.15, -0.1) is 24.0 Å². The van der Waals surface area contributed by atoms with E-state index in [-0.39, 0.29) is 0 Å². The minimum Gasteiger partial charge on any atom is -0.249 e. The number of halogens is 1. The number of thiazole rings is 1. The van der Waals surface area contributed by atoms with Crippen LogP contribution in [-0.4, -0.2) is 4.98 Å². The van der Waals surface area contributed by atoms with Crippen LogP contribution in [-0.2, 0) is 0 Å². The van der Waals surface area contributed by atoms with Gasteiger partial charge in [-0.05, 0) is 13.0 Å². The fraction of sp³-hybridized carbons (Fsp3) is 0.100. The molecule has 0 saturated heterocycles. The maximum absolute atomic E-state index is 6.16. The Morgan fingerprint density at radius 2 is 2.21 bits per heavy atom. The smallest absolute Gasteiger partial charge is 0.0801 e. The van der Waals surface area contributed by atoms with Gasteiger partial charge in [0.15, 0.2) is 0 Å². The summed E-state index contributed by atoms with van der Waals surface area (Å²) in [5.74, 6) is 0. The fourth-order valence-corrected chi connectivity index (χ4v) is 2.58. The van der Waals surface area contributed by atoms with Crippen LogP contribution in [0.1, 0.15) is 5.69 Å². The lowest BCUT2D eigenvalue weighted by atomic mass is 10.1. The molecule has 0 aliphatic carbocycles. The number of hydrogen-bond acceptors (Lipinski definition) is 3. The molecule has 2 aromatic rings. The Morgan fingerprint density at radius 1 is 1.43 bits per heavy atom. The summed E-state index contributed by atoms with van der Waals surface area (Å²) in [7, 11) is 0. The van der Waals surface area contributed by atoms with Crippen LogP contribution < -0.4 is 0 Å². The quantitative estimate of drug-likeness (QED) is 0.743. The maximum Gasteiger partial charge on any atom is 0.0801 e. The molecule has 0 spiro atoms. The van der Waals surface area contributed by atoms with Crippen LogP contribution in [0, 0.1) is 6.92 Å². The van der Waals surface area contributed by atoms with Gasteiger partial charge in [0.25, 0.3) is 0 Å². The van der Waals surface area contributed by atoms with E-state index in [1.54, 1.807) is 11.3 Å².